The fourth-order valence-corrected chi connectivity index (χ4v) is 1.46. The summed E-state index contributed by atoms with van der Waals surface area (Å²) in [6, 6.07) is 0. The average molecular weight is 187 g/mol. The number of hydrogen-bond donors (Lipinski definition) is 1. The van der Waals surface area contributed by atoms with Crippen LogP contribution in [-0.4, -0.2) is 22.1 Å². The predicted molar refractivity (Wildman–Crippen MR) is 45.0 cm³/mol. The quantitative estimate of drug-likeness (QED) is 0.779. The Morgan fingerprint density at radius 2 is 2.42 bits per heavy atom. The van der Waals surface area contributed by atoms with Crippen LogP contribution in [0.2, 0.25) is 0 Å². The second-order valence-corrected chi connectivity index (χ2v) is 2.95. The average Bonchev–Trinajstić information content (AvgIpc) is 2.34. The highest BCUT2D eigenvalue weighted by atomic mass is 32.1. The fourth-order valence-electron chi connectivity index (χ4n) is 0.792. The molecule has 0 radical (unpaired) electrons. The summed E-state index contributed by atoms with van der Waals surface area (Å²) < 4.78 is 8.97. The van der Waals surface area contributed by atoms with Gasteiger partial charge < -0.3 is 9.84 Å². The summed E-state index contributed by atoms with van der Waals surface area (Å²) in [5.41, 5.74) is 0.606. The second-order valence-electron chi connectivity index (χ2n) is 2.18. The Balaban J connectivity index is 2.96. The van der Waals surface area contributed by atoms with Gasteiger partial charge >= 0.3 is 5.97 Å². The zero-order chi connectivity index (χ0) is 9.14. The maximum atomic E-state index is 10.6. The number of hydrogen-bond acceptors (Lipinski definition) is 4. The van der Waals surface area contributed by atoms with Crippen LogP contribution in [0.15, 0.2) is 0 Å². The molecule has 0 aliphatic heterocycles. The molecule has 1 aromatic heterocycles. The van der Waals surface area contributed by atoms with E-state index in [0.717, 1.165) is 11.5 Å². The Labute approximate surface area is 74.0 Å². The van der Waals surface area contributed by atoms with Gasteiger partial charge in [0.1, 0.15) is 4.88 Å². The number of rotatable bonds is 3. The Bertz CT molecular complexity index is 295. The van der Waals surface area contributed by atoms with E-state index in [0.29, 0.717) is 18.1 Å². The molecule has 0 aliphatic rings. The minimum absolute atomic E-state index is 0.249. The van der Waals surface area contributed by atoms with Crippen LogP contribution in [0.1, 0.15) is 22.2 Å². The molecule has 4 nitrogen and oxygen atoms in total. The summed E-state index contributed by atoms with van der Waals surface area (Å²) in [4.78, 5) is 10.8. The highest BCUT2D eigenvalue weighted by Crippen LogP contribution is 2.23. The van der Waals surface area contributed by atoms with Gasteiger partial charge in [-0.2, -0.15) is 4.37 Å². The third-order valence-electron chi connectivity index (χ3n) is 1.36. The topological polar surface area (TPSA) is 59.4 Å². The van der Waals surface area contributed by atoms with E-state index >= 15 is 0 Å². The predicted octanol–water partition coefficient (Wildman–Crippen LogP) is 1.55. The molecule has 0 unspecified atom stereocenters. The molecule has 5 heteroatoms. The van der Waals surface area contributed by atoms with Crippen LogP contribution in [0, 0.1) is 6.92 Å². The van der Waals surface area contributed by atoms with E-state index in [1.807, 2.05) is 6.92 Å². The monoisotopic (exact) mass is 187 g/mol. The molecule has 0 atom stereocenters. The molecule has 0 amide bonds. The number of carboxylic acid groups (broad SMARTS) is 1. The molecule has 1 heterocycles. The van der Waals surface area contributed by atoms with E-state index in [4.69, 9.17) is 9.84 Å². The van der Waals surface area contributed by atoms with Crippen molar-refractivity contribution in [3.8, 4) is 5.88 Å². The van der Waals surface area contributed by atoms with Crippen LogP contribution < -0.4 is 4.74 Å². The van der Waals surface area contributed by atoms with Crippen molar-refractivity contribution in [1.82, 2.24) is 4.37 Å². The maximum absolute atomic E-state index is 10.6. The summed E-state index contributed by atoms with van der Waals surface area (Å²) >= 11 is 0.950. The number of ether oxygens (including phenoxy) is 1. The Hall–Kier alpha value is -1.10. The first kappa shape index (κ1) is 8.99. The summed E-state index contributed by atoms with van der Waals surface area (Å²) in [5.74, 6) is -0.518. The molecule has 1 N–H and O–H groups in total. The van der Waals surface area contributed by atoms with Gasteiger partial charge in [0.25, 0.3) is 0 Å². The first-order chi connectivity index (χ1) is 5.66. The molecule has 0 aromatic carbocycles. The van der Waals surface area contributed by atoms with Gasteiger partial charge in [-0.05, 0) is 25.4 Å². The van der Waals surface area contributed by atoms with Crippen molar-refractivity contribution in [2.45, 2.75) is 13.8 Å². The summed E-state index contributed by atoms with van der Waals surface area (Å²) in [6.45, 7) is 4.03. The zero-order valence-electron chi connectivity index (χ0n) is 6.83. The van der Waals surface area contributed by atoms with Gasteiger partial charge in [0.15, 0.2) is 0 Å². The Kier molecular flexibility index (Phi) is 2.65. The van der Waals surface area contributed by atoms with Gasteiger partial charge in [0.05, 0.1) is 6.61 Å². The lowest BCUT2D eigenvalue weighted by Crippen LogP contribution is -1.97. The van der Waals surface area contributed by atoms with Crippen LogP contribution in [0.3, 0.4) is 0 Å². The highest BCUT2D eigenvalue weighted by molar-refractivity contribution is 7.08. The van der Waals surface area contributed by atoms with Crippen LogP contribution in [0.4, 0.5) is 0 Å². The normalized spacial score (nSPS) is 9.83. The van der Waals surface area contributed by atoms with Crippen molar-refractivity contribution >= 4 is 17.5 Å². The van der Waals surface area contributed by atoms with Gasteiger partial charge in [0, 0.05) is 5.56 Å². The number of carboxylic acids is 1. The number of carbonyl (C=O) groups is 1. The Morgan fingerprint density at radius 3 is 2.83 bits per heavy atom. The number of aromatic nitrogens is 1. The van der Waals surface area contributed by atoms with E-state index in [9.17, 15) is 4.79 Å². The minimum Gasteiger partial charge on any atom is -0.477 e. The van der Waals surface area contributed by atoms with Gasteiger partial charge in [-0.3, -0.25) is 0 Å². The molecule has 0 bridgehead atoms. The standard InChI is InChI=1S/C7H9NO3S/c1-3-11-6-4(2)5(7(9)10)12-8-6/h3H2,1-2H3,(H,9,10). The van der Waals surface area contributed by atoms with E-state index in [2.05, 4.69) is 4.37 Å². The fraction of sp³-hybridized carbons (Fsp3) is 0.429. The Morgan fingerprint density at radius 1 is 1.75 bits per heavy atom. The van der Waals surface area contributed by atoms with Crippen molar-refractivity contribution in [1.29, 1.82) is 0 Å². The molecule has 0 spiro atoms. The molecular formula is C7H9NO3S. The van der Waals surface area contributed by atoms with Crippen molar-refractivity contribution in [2.75, 3.05) is 6.61 Å². The SMILES string of the molecule is CCOc1nsc(C(=O)O)c1C. The summed E-state index contributed by atoms with van der Waals surface area (Å²) in [5, 5.41) is 8.66. The van der Waals surface area contributed by atoms with Gasteiger partial charge in [-0.1, -0.05) is 0 Å². The van der Waals surface area contributed by atoms with Crippen LogP contribution >= 0.6 is 11.5 Å². The first-order valence-electron chi connectivity index (χ1n) is 3.49. The second kappa shape index (κ2) is 3.53. The van der Waals surface area contributed by atoms with Crippen molar-refractivity contribution in [3.05, 3.63) is 10.4 Å². The van der Waals surface area contributed by atoms with Crippen LogP contribution in [0.5, 0.6) is 5.88 Å². The highest BCUT2D eigenvalue weighted by Gasteiger charge is 2.15. The van der Waals surface area contributed by atoms with E-state index < -0.39 is 5.97 Å². The van der Waals surface area contributed by atoms with Gasteiger partial charge in [-0.15, -0.1) is 0 Å². The van der Waals surface area contributed by atoms with Crippen molar-refractivity contribution < 1.29 is 14.6 Å². The smallest absolute Gasteiger partial charge is 0.347 e. The van der Waals surface area contributed by atoms with E-state index in [1.165, 1.54) is 0 Å². The summed E-state index contributed by atoms with van der Waals surface area (Å²) in [7, 11) is 0. The zero-order valence-corrected chi connectivity index (χ0v) is 7.64. The molecule has 1 rings (SSSR count). The van der Waals surface area contributed by atoms with Crippen LogP contribution in [0.25, 0.3) is 0 Å². The summed E-state index contributed by atoms with van der Waals surface area (Å²) in [6.07, 6.45) is 0. The van der Waals surface area contributed by atoms with Gasteiger partial charge in [0.2, 0.25) is 5.88 Å². The lowest BCUT2D eigenvalue weighted by molar-refractivity contribution is 0.0701. The van der Waals surface area contributed by atoms with Crippen LogP contribution in [-0.2, 0) is 0 Å². The molecule has 1 aromatic rings. The van der Waals surface area contributed by atoms with Gasteiger partial charge in [-0.25, -0.2) is 4.79 Å². The van der Waals surface area contributed by atoms with Crippen molar-refractivity contribution in [2.24, 2.45) is 0 Å². The largest absolute Gasteiger partial charge is 0.477 e. The molecule has 0 fully saturated rings. The molecule has 0 saturated heterocycles. The maximum Gasteiger partial charge on any atom is 0.347 e. The molecule has 66 valence electrons. The number of aromatic carboxylic acids is 1. The molecular weight excluding hydrogens is 178 g/mol. The lowest BCUT2D eigenvalue weighted by Gasteiger charge is -1.97. The lowest BCUT2D eigenvalue weighted by atomic mass is 10.3. The van der Waals surface area contributed by atoms with E-state index in [-0.39, 0.29) is 4.88 Å². The third-order valence-corrected chi connectivity index (χ3v) is 2.28. The molecule has 0 aliphatic carbocycles. The molecule has 0 saturated carbocycles. The molecule has 12 heavy (non-hydrogen) atoms. The number of nitrogens with zero attached hydrogens (tertiary/aromatic N) is 1. The van der Waals surface area contributed by atoms with E-state index in [1.54, 1.807) is 6.92 Å². The van der Waals surface area contributed by atoms with Crippen molar-refractivity contribution in [3.63, 3.8) is 0 Å². The first-order valence-corrected chi connectivity index (χ1v) is 4.26. The minimum atomic E-state index is -0.948. The third kappa shape index (κ3) is 1.55.